The number of rotatable bonds is 10. The first kappa shape index (κ1) is 22.3. The summed E-state index contributed by atoms with van der Waals surface area (Å²) in [5.41, 5.74) is 0.241. The maximum absolute atomic E-state index is 12.1. The van der Waals surface area contributed by atoms with E-state index in [-0.39, 0.29) is 22.8 Å². The van der Waals surface area contributed by atoms with Gasteiger partial charge in [0.2, 0.25) is 0 Å². The molecule has 0 bridgehead atoms. The van der Waals surface area contributed by atoms with Crippen LogP contribution in [0.4, 0.5) is 0 Å². The summed E-state index contributed by atoms with van der Waals surface area (Å²) in [5.74, 6) is 0.175. The molecule has 0 N–H and O–H groups in total. The second-order valence-electron chi connectivity index (χ2n) is 5.83. The highest BCUT2D eigenvalue weighted by molar-refractivity contribution is 7.82. The Labute approximate surface area is 169 Å². The Bertz CT molecular complexity index is 933. The molecule has 29 heavy (non-hydrogen) atoms. The molecule has 9 heteroatoms. The molecule has 2 aromatic carbocycles. The smallest absolute Gasteiger partial charge is 0.465 e. The van der Waals surface area contributed by atoms with Crippen LogP contribution in [-0.4, -0.2) is 27.3 Å². The van der Waals surface area contributed by atoms with Crippen molar-refractivity contribution in [3.8, 4) is 23.0 Å². The highest BCUT2D eigenvalue weighted by Crippen LogP contribution is 2.23. The van der Waals surface area contributed by atoms with Gasteiger partial charge < -0.3 is 22.6 Å². The van der Waals surface area contributed by atoms with Gasteiger partial charge in [-0.1, -0.05) is 6.58 Å². The van der Waals surface area contributed by atoms with Gasteiger partial charge in [0.25, 0.3) is 0 Å². The zero-order valence-corrected chi connectivity index (χ0v) is 17.1. The molecule has 0 aliphatic heterocycles. The van der Waals surface area contributed by atoms with Gasteiger partial charge >= 0.3 is 16.4 Å². The zero-order chi connectivity index (χ0) is 21.4. The summed E-state index contributed by atoms with van der Waals surface area (Å²) in [4.78, 5) is 11.5. The van der Waals surface area contributed by atoms with Crippen LogP contribution < -0.4 is 17.8 Å². The molecule has 2 aromatic rings. The van der Waals surface area contributed by atoms with E-state index >= 15 is 0 Å². The van der Waals surface area contributed by atoms with Crippen molar-refractivity contribution in [3.63, 3.8) is 0 Å². The predicted octanol–water partition coefficient (Wildman–Crippen LogP) is 3.63. The third-order valence-electron chi connectivity index (χ3n) is 3.31. The van der Waals surface area contributed by atoms with Crippen molar-refractivity contribution in [1.82, 2.24) is 0 Å². The van der Waals surface area contributed by atoms with Crippen LogP contribution in [0.25, 0.3) is 0 Å². The summed E-state index contributed by atoms with van der Waals surface area (Å²) in [6, 6.07) is 11.4. The molecule has 0 aliphatic rings. The van der Waals surface area contributed by atoms with Crippen LogP contribution in [0.3, 0.4) is 0 Å². The lowest BCUT2D eigenvalue weighted by atomic mass is 10.3. The average molecular weight is 422 g/mol. The molecule has 8 nitrogen and oxygen atoms in total. The molecule has 0 radical (unpaired) electrons. The van der Waals surface area contributed by atoms with Crippen molar-refractivity contribution in [2.45, 2.75) is 27.1 Å². The average Bonchev–Trinajstić information content (AvgIpc) is 2.64. The maximum atomic E-state index is 12.1. The maximum Gasteiger partial charge on any atom is 0.500 e. The number of carbonyl (C=O) groups excluding carboxylic acids is 1. The largest absolute Gasteiger partial charge is 0.500 e. The first-order valence-electron chi connectivity index (χ1n) is 8.68. The number of ether oxygens (including phenoxy) is 3. The lowest BCUT2D eigenvalue weighted by Crippen LogP contribution is -2.17. The number of benzene rings is 2. The van der Waals surface area contributed by atoms with Crippen LogP contribution in [0.1, 0.15) is 20.8 Å². The van der Waals surface area contributed by atoms with Gasteiger partial charge in [-0.15, -0.1) is 8.42 Å². The molecule has 2 rings (SSSR count). The van der Waals surface area contributed by atoms with Gasteiger partial charge in [0.15, 0.2) is 6.29 Å². The summed E-state index contributed by atoms with van der Waals surface area (Å²) in [5, 5.41) is 0. The molecule has 0 aromatic heterocycles. The Morgan fingerprint density at radius 2 is 1.38 bits per heavy atom. The molecule has 0 spiro atoms. The molecule has 1 atom stereocenters. The van der Waals surface area contributed by atoms with Gasteiger partial charge in [-0.3, -0.25) is 0 Å². The number of hydrogen-bond donors (Lipinski definition) is 0. The van der Waals surface area contributed by atoms with Crippen LogP contribution in [0.5, 0.6) is 23.0 Å². The van der Waals surface area contributed by atoms with E-state index in [9.17, 15) is 13.2 Å². The fraction of sp³-hybridized carbons (Fsp3) is 0.250. The van der Waals surface area contributed by atoms with Crippen LogP contribution >= 0.6 is 0 Å². The van der Waals surface area contributed by atoms with Gasteiger partial charge in [0.05, 0.1) is 0 Å². The molecule has 0 fully saturated rings. The SMILES string of the molecule is C=C(C)C(=O)Oc1ccc(OS(=O)(=O)Oc2ccc(OC(C)OCC)cc2)cc1. The number of hydrogen-bond acceptors (Lipinski definition) is 8. The van der Waals surface area contributed by atoms with Gasteiger partial charge in [-0.05, 0) is 69.3 Å². The summed E-state index contributed by atoms with van der Waals surface area (Å²) in [6.45, 7) is 9.10. The van der Waals surface area contributed by atoms with Crippen LogP contribution in [-0.2, 0) is 19.9 Å². The number of esters is 1. The quantitative estimate of drug-likeness (QED) is 0.248. The minimum Gasteiger partial charge on any atom is -0.465 e. The monoisotopic (exact) mass is 422 g/mol. The fourth-order valence-corrected chi connectivity index (χ4v) is 2.77. The number of carbonyl (C=O) groups is 1. The van der Waals surface area contributed by atoms with E-state index in [1.807, 2.05) is 6.92 Å². The van der Waals surface area contributed by atoms with Gasteiger partial charge in [0.1, 0.15) is 23.0 Å². The van der Waals surface area contributed by atoms with Gasteiger partial charge in [0, 0.05) is 12.2 Å². The molecule has 1 unspecified atom stereocenters. The summed E-state index contributed by atoms with van der Waals surface area (Å²) in [7, 11) is -4.37. The first-order chi connectivity index (χ1) is 13.7. The Morgan fingerprint density at radius 1 is 0.931 bits per heavy atom. The van der Waals surface area contributed by atoms with Crippen molar-refractivity contribution in [2.24, 2.45) is 0 Å². The minimum atomic E-state index is -4.37. The van der Waals surface area contributed by atoms with E-state index in [0.29, 0.717) is 12.4 Å². The van der Waals surface area contributed by atoms with Crippen molar-refractivity contribution in [1.29, 1.82) is 0 Å². The second kappa shape index (κ2) is 9.94. The van der Waals surface area contributed by atoms with Gasteiger partial charge in [-0.2, -0.15) is 0 Å². The van der Waals surface area contributed by atoms with Crippen LogP contribution in [0.2, 0.25) is 0 Å². The molecular formula is C20H22O8S. The predicted molar refractivity (Wildman–Crippen MR) is 105 cm³/mol. The standard InChI is InChI=1S/C20H22O8S/c1-5-24-15(4)25-16-6-10-18(11-7-16)27-29(22,23)28-19-12-8-17(9-13-19)26-20(21)14(2)3/h6-13,15H,2,5H2,1,3-4H3. The van der Waals surface area contributed by atoms with Crippen LogP contribution in [0.15, 0.2) is 60.7 Å². The summed E-state index contributed by atoms with van der Waals surface area (Å²) >= 11 is 0. The van der Waals surface area contributed by atoms with Gasteiger partial charge in [-0.25, -0.2) is 4.79 Å². The van der Waals surface area contributed by atoms with Crippen LogP contribution in [0, 0.1) is 0 Å². The van der Waals surface area contributed by atoms with E-state index in [0.717, 1.165) is 0 Å². The third-order valence-corrected chi connectivity index (χ3v) is 4.10. The molecule has 0 amide bonds. The normalized spacial score (nSPS) is 12.0. The van der Waals surface area contributed by atoms with Crippen molar-refractivity contribution in [3.05, 3.63) is 60.7 Å². The first-order valence-corrected chi connectivity index (χ1v) is 10.0. The molecular weight excluding hydrogens is 400 g/mol. The Balaban J connectivity index is 1.95. The highest BCUT2D eigenvalue weighted by Gasteiger charge is 2.16. The topological polar surface area (TPSA) is 97.4 Å². The molecule has 0 heterocycles. The lowest BCUT2D eigenvalue weighted by Gasteiger charge is -2.14. The Morgan fingerprint density at radius 3 is 1.83 bits per heavy atom. The van der Waals surface area contributed by atoms with Crippen molar-refractivity contribution < 1.29 is 35.8 Å². The molecule has 0 saturated carbocycles. The molecule has 0 aliphatic carbocycles. The van der Waals surface area contributed by atoms with E-state index in [1.165, 1.54) is 43.3 Å². The highest BCUT2D eigenvalue weighted by atomic mass is 32.3. The van der Waals surface area contributed by atoms with E-state index in [1.54, 1.807) is 19.1 Å². The van der Waals surface area contributed by atoms with E-state index in [2.05, 4.69) is 6.58 Å². The fourth-order valence-electron chi connectivity index (χ4n) is 2.04. The Hall–Kier alpha value is -3.04. The van der Waals surface area contributed by atoms with Crippen molar-refractivity contribution in [2.75, 3.05) is 6.61 Å². The van der Waals surface area contributed by atoms with E-state index in [4.69, 9.17) is 22.6 Å². The van der Waals surface area contributed by atoms with E-state index < -0.39 is 22.7 Å². The second-order valence-corrected chi connectivity index (χ2v) is 6.98. The minimum absolute atomic E-state index is 0.00869. The zero-order valence-electron chi connectivity index (χ0n) is 16.3. The molecule has 0 saturated heterocycles. The lowest BCUT2D eigenvalue weighted by molar-refractivity contribution is -0.130. The molecule has 156 valence electrons. The third kappa shape index (κ3) is 7.47. The summed E-state index contributed by atoms with van der Waals surface area (Å²) in [6.07, 6.45) is -0.434. The summed E-state index contributed by atoms with van der Waals surface area (Å²) < 4.78 is 49.7. The Kier molecular flexibility index (Phi) is 7.63. The van der Waals surface area contributed by atoms with Crippen molar-refractivity contribution >= 4 is 16.4 Å².